The zero-order chi connectivity index (χ0) is 14.8. The largest absolute Gasteiger partial charge is 0.379 e. The van der Waals surface area contributed by atoms with Gasteiger partial charge in [0.2, 0.25) is 0 Å². The van der Waals surface area contributed by atoms with Crippen LogP contribution in [0.4, 0.5) is 0 Å². The molecule has 0 saturated carbocycles. The topological polar surface area (TPSA) is 95.1 Å². The van der Waals surface area contributed by atoms with E-state index >= 15 is 0 Å². The van der Waals surface area contributed by atoms with Crippen LogP contribution in [0.15, 0.2) is 0 Å². The highest BCUT2D eigenvalue weighted by Crippen LogP contribution is 1.92. The van der Waals surface area contributed by atoms with E-state index in [1.165, 1.54) is 0 Å². The van der Waals surface area contributed by atoms with Crippen molar-refractivity contribution < 1.29 is 10.2 Å². The quantitative estimate of drug-likeness (QED) is 0.332. The normalized spacial score (nSPS) is 25.8. The van der Waals surface area contributed by atoms with Gasteiger partial charge in [0.15, 0.2) is 0 Å². The Bertz CT molecular complexity index is 202. The van der Waals surface area contributed by atoms with Gasteiger partial charge in [-0.25, -0.2) is 0 Å². The fraction of sp³-hybridized carbons (Fsp3) is 1.00. The molecule has 1 heterocycles. The minimum Gasteiger partial charge on any atom is -0.379 e. The Labute approximate surface area is 121 Å². The lowest BCUT2D eigenvalue weighted by Crippen LogP contribution is -2.50. The van der Waals surface area contributed by atoms with Crippen LogP contribution >= 0.6 is 0 Å². The summed E-state index contributed by atoms with van der Waals surface area (Å²) in [5, 5.41) is 32.4. The number of aliphatic hydroxyl groups is 2. The summed E-state index contributed by atoms with van der Waals surface area (Å²) in [5.41, 5.74) is 0. The van der Waals surface area contributed by atoms with E-state index < -0.39 is 12.5 Å². The molecule has 0 bridgehead atoms. The van der Waals surface area contributed by atoms with Crippen molar-refractivity contribution in [3.8, 4) is 0 Å². The molecule has 8 heteroatoms. The minimum atomic E-state index is -0.477. The van der Waals surface area contributed by atoms with E-state index in [4.69, 9.17) is 0 Å². The molecule has 6 N–H and O–H groups in total. The van der Waals surface area contributed by atoms with Crippen LogP contribution in [0, 0.1) is 0 Å². The Kier molecular flexibility index (Phi) is 9.23. The molecule has 0 aromatic rings. The molecule has 120 valence electrons. The maximum Gasteiger partial charge on any atom is 0.106 e. The number of rotatable bonds is 2. The molecule has 0 aromatic heterocycles. The number of aliphatic hydroxyl groups excluding tert-OH is 2. The van der Waals surface area contributed by atoms with Gasteiger partial charge in [0.05, 0.1) is 26.7 Å². The van der Waals surface area contributed by atoms with Crippen LogP contribution in [-0.4, -0.2) is 85.3 Å². The van der Waals surface area contributed by atoms with Crippen molar-refractivity contribution in [3.63, 3.8) is 0 Å². The number of hydrogen-bond donors (Lipinski definition) is 6. The van der Waals surface area contributed by atoms with Gasteiger partial charge in [-0.3, -0.25) is 9.80 Å². The average Bonchev–Trinajstić information content (AvgIpc) is 2.40. The summed E-state index contributed by atoms with van der Waals surface area (Å²) in [6.45, 7) is 9.33. The van der Waals surface area contributed by atoms with Gasteiger partial charge >= 0.3 is 0 Å². The van der Waals surface area contributed by atoms with Crippen LogP contribution in [0.5, 0.6) is 0 Å². The van der Waals surface area contributed by atoms with Crippen molar-refractivity contribution in [3.05, 3.63) is 0 Å². The van der Waals surface area contributed by atoms with Gasteiger partial charge in [0.1, 0.15) is 12.5 Å². The summed E-state index contributed by atoms with van der Waals surface area (Å²) in [4.78, 5) is 3.85. The lowest BCUT2D eigenvalue weighted by atomic mass is 10.5. The van der Waals surface area contributed by atoms with Gasteiger partial charge < -0.3 is 31.5 Å². The summed E-state index contributed by atoms with van der Waals surface area (Å²) >= 11 is 0. The van der Waals surface area contributed by atoms with E-state index in [1.54, 1.807) is 13.8 Å². The SMILES string of the molecule is CC(O)N1CNCCNCN(C(C)O)CNCCNC1. The zero-order valence-electron chi connectivity index (χ0n) is 12.6. The molecule has 0 aromatic carbocycles. The number of hydrogen-bond acceptors (Lipinski definition) is 8. The zero-order valence-corrected chi connectivity index (χ0v) is 12.6. The maximum absolute atomic E-state index is 9.66. The van der Waals surface area contributed by atoms with Gasteiger partial charge in [0.25, 0.3) is 0 Å². The lowest BCUT2D eigenvalue weighted by Gasteiger charge is -2.28. The van der Waals surface area contributed by atoms with Crippen LogP contribution in [-0.2, 0) is 0 Å². The predicted octanol–water partition coefficient (Wildman–Crippen LogP) is -2.53. The van der Waals surface area contributed by atoms with E-state index in [0.717, 1.165) is 26.2 Å². The van der Waals surface area contributed by atoms with Gasteiger partial charge in [0, 0.05) is 26.2 Å². The first-order valence-corrected chi connectivity index (χ1v) is 7.28. The highest BCUT2D eigenvalue weighted by atomic mass is 16.3. The Morgan fingerprint density at radius 3 is 1.10 bits per heavy atom. The van der Waals surface area contributed by atoms with Crippen LogP contribution in [0.2, 0.25) is 0 Å². The molecule has 1 fully saturated rings. The van der Waals surface area contributed by atoms with Gasteiger partial charge in [-0.2, -0.15) is 0 Å². The Morgan fingerprint density at radius 2 is 0.900 bits per heavy atom. The smallest absolute Gasteiger partial charge is 0.106 e. The monoisotopic (exact) mass is 290 g/mol. The van der Waals surface area contributed by atoms with E-state index in [9.17, 15) is 10.2 Å². The second-order valence-corrected chi connectivity index (χ2v) is 5.07. The molecule has 1 rings (SSSR count). The summed E-state index contributed by atoms with van der Waals surface area (Å²) < 4.78 is 0. The molecule has 1 aliphatic heterocycles. The van der Waals surface area contributed by atoms with Crippen molar-refractivity contribution in [2.45, 2.75) is 26.3 Å². The lowest BCUT2D eigenvalue weighted by molar-refractivity contribution is 0.00214. The molecule has 1 aliphatic rings. The molecule has 0 radical (unpaired) electrons. The first kappa shape index (κ1) is 17.7. The average molecular weight is 290 g/mol. The molecule has 2 unspecified atom stereocenters. The van der Waals surface area contributed by atoms with E-state index in [0.29, 0.717) is 26.7 Å². The molecule has 1 saturated heterocycles. The number of nitrogens with one attached hydrogen (secondary N) is 4. The Hall–Kier alpha value is -0.320. The van der Waals surface area contributed by atoms with E-state index in [2.05, 4.69) is 21.3 Å². The summed E-state index contributed by atoms with van der Waals surface area (Å²) in [6.07, 6.45) is -0.955. The van der Waals surface area contributed by atoms with Gasteiger partial charge in [-0.15, -0.1) is 0 Å². The highest BCUT2D eigenvalue weighted by Gasteiger charge is 2.11. The van der Waals surface area contributed by atoms with Crippen LogP contribution in [0.1, 0.15) is 13.8 Å². The molecule has 0 aliphatic carbocycles. The summed E-state index contributed by atoms with van der Waals surface area (Å²) in [6, 6.07) is 0. The van der Waals surface area contributed by atoms with Crippen LogP contribution < -0.4 is 21.3 Å². The van der Waals surface area contributed by atoms with Crippen molar-refractivity contribution in [1.29, 1.82) is 0 Å². The third-order valence-electron chi connectivity index (χ3n) is 3.27. The first-order chi connectivity index (χ1) is 9.61. The first-order valence-electron chi connectivity index (χ1n) is 7.28. The molecule has 0 amide bonds. The van der Waals surface area contributed by atoms with Crippen LogP contribution in [0.3, 0.4) is 0 Å². The van der Waals surface area contributed by atoms with E-state index in [-0.39, 0.29) is 0 Å². The Balaban J connectivity index is 2.37. The van der Waals surface area contributed by atoms with Crippen LogP contribution in [0.25, 0.3) is 0 Å². The molecule has 0 spiro atoms. The maximum atomic E-state index is 9.66. The van der Waals surface area contributed by atoms with Crippen molar-refractivity contribution in [2.75, 3.05) is 52.9 Å². The molecular formula is C12H30N6O2. The van der Waals surface area contributed by atoms with Gasteiger partial charge in [-0.05, 0) is 13.8 Å². The highest BCUT2D eigenvalue weighted by molar-refractivity contribution is 4.62. The van der Waals surface area contributed by atoms with Gasteiger partial charge in [-0.1, -0.05) is 0 Å². The second kappa shape index (κ2) is 10.4. The molecule has 8 nitrogen and oxygen atoms in total. The van der Waals surface area contributed by atoms with Crippen molar-refractivity contribution in [2.24, 2.45) is 0 Å². The molecule has 20 heavy (non-hydrogen) atoms. The summed E-state index contributed by atoms with van der Waals surface area (Å²) in [7, 11) is 0. The van der Waals surface area contributed by atoms with Crippen molar-refractivity contribution in [1.82, 2.24) is 31.1 Å². The van der Waals surface area contributed by atoms with E-state index in [1.807, 2.05) is 9.80 Å². The van der Waals surface area contributed by atoms with Crippen molar-refractivity contribution >= 4 is 0 Å². The number of nitrogens with zero attached hydrogens (tertiary/aromatic N) is 2. The molecular weight excluding hydrogens is 260 g/mol. The Morgan fingerprint density at radius 1 is 0.650 bits per heavy atom. The third kappa shape index (κ3) is 7.46. The fourth-order valence-electron chi connectivity index (χ4n) is 1.88. The second-order valence-electron chi connectivity index (χ2n) is 5.07. The minimum absolute atomic E-state index is 0.477. The predicted molar refractivity (Wildman–Crippen MR) is 78.5 cm³/mol. The molecule has 2 atom stereocenters. The fourth-order valence-corrected chi connectivity index (χ4v) is 1.88. The standard InChI is InChI=1S/C12H30N6O2/c1-11(19)17-7-13-3-5-15-9-18(12(2)20)10-16-6-4-14-8-17/h11-16,19-20H,3-10H2,1-2H3. The summed E-state index contributed by atoms with van der Waals surface area (Å²) in [5.74, 6) is 0. The third-order valence-corrected chi connectivity index (χ3v) is 3.27.